The van der Waals surface area contributed by atoms with Crippen LogP contribution in [0.4, 0.5) is 18.9 Å². The Kier molecular flexibility index (Phi) is 5.69. The molecule has 3 heterocycles. The molecule has 7 nitrogen and oxygen atoms in total. The fraction of sp³-hybridized carbons (Fsp3) is 0.556. The van der Waals surface area contributed by atoms with Crippen LogP contribution in [-0.4, -0.2) is 57.4 Å². The van der Waals surface area contributed by atoms with Crippen molar-refractivity contribution in [2.75, 3.05) is 18.0 Å². The van der Waals surface area contributed by atoms with E-state index in [1.54, 1.807) is 24.8 Å². The smallest absolute Gasteiger partial charge is 0.383 e. The minimum Gasteiger partial charge on any atom is -0.383 e. The first-order valence-corrected chi connectivity index (χ1v) is 9.02. The maximum absolute atomic E-state index is 13.5. The molecule has 1 aliphatic rings. The number of fused-ring (bicyclic) bond motifs is 1. The molecular formula is C18H22F3N5O2. The van der Waals surface area contributed by atoms with E-state index in [1.807, 2.05) is 0 Å². The second-order valence-electron chi connectivity index (χ2n) is 7.33. The number of aliphatic hydroxyl groups excluding tert-OH is 1. The van der Waals surface area contributed by atoms with Crippen LogP contribution in [0, 0.1) is 11.8 Å². The number of alkyl halides is 3. The summed E-state index contributed by atoms with van der Waals surface area (Å²) in [4.78, 5) is 26.1. The summed E-state index contributed by atoms with van der Waals surface area (Å²) in [6.07, 6.45) is -1.54. The summed E-state index contributed by atoms with van der Waals surface area (Å²) in [5, 5.41) is 12.5. The molecule has 0 saturated carbocycles. The predicted molar refractivity (Wildman–Crippen MR) is 96.5 cm³/mol. The van der Waals surface area contributed by atoms with Crippen LogP contribution in [0.25, 0.3) is 11.2 Å². The van der Waals surface area contributed by atoms with Crippen LogP contribution in [0.3, 0.4) is 0 Å². The van der Waals surface area contributed by atoms with Crippen molar-refractivity contribution in [3.05, 3.63) is 24.7 Å². The lowest BCUT2D eigenvalue weighted by Crippen LogP contribution is -2.55. The number of aliphatic hydroxyl groups is 1. The third-order valence-electron chi connectivity index (χ3n) is 4.85. The molecule has 1 amide bonds. The highest BCUT2D eigenvalue weighted by Crippen LogP contribution is 2.36. The molecule has 1 aliphatic heterocycles. The number of aromatic nitrogens is 3. The van der Waals surface area contributed by atoms with E-state index >= 15 is 0 Å². The highest BCUT2D eigenvalue weighted by Gasteiger charge is 2.45. The van der Waals surface area contributed by atoms with Gasteiger partial charge in [0.25, 0.3) is 0 Å². The van der Waals surface area contributed by atoms with Crippen LogP contribution < -0.4 is 10.2 Å². The van der Waals surface area contributed by atoms with Gasteiger partial charge in [0.15, 0.2) is 5.65 Å². The van der Waals surface area contributed by atoms with Crippen molar-refractivity contribution in [1.29, 1.82) is 0 Å². The van der Waals surface area contributed by atoms with Gasteiger partial charge in [-0.2, -0.15) is 13.2 Å². The topological polar surface area (TPSA) is 91.2 Å². The molecule has 10 heteroatoms. The van der Waals surface area contributed by atoms with Gasteiger partial charge in [0.05, 0.1) is 11.6 Å². The molecule has 152 valence electrons. The van der Waals surface area contributed by atoms with E-state index < -0.39 is 30.1 Å². The number of nitrogens with one attached hydrogen (secondary N) is 1. The number of pyridine rings is 1. The Hall–Kier alpha value is -2.49. The van der Waals surface area contributed by atoms with Crippen LogP contribution >= 0.6 is 0 Å². The molecule has 2 aromatic heterocycles. The zero-order chi connectivity index (χ0) is 20.5. The number of hydrogen-bond acceptors (Lipinski definition) is 6. The Morgan fingerprint density at radius 1 is 1.21 bits per heavy atom. The van der Waals surface area contributed by atoms with Gasteiger partial charge in [0.1, 0.15) is 11.6 Å². The number of hydrogen-bond donors (Lipinski definition) is 2. The Morgan fingerprint density at radius 3 is 2.57 bits per heavy atom. The first-order chi connectivity index (χ1) is 13.2. The molecule has 1 saturated heterocycles. The molecule has 2 N–H and O–H groups in total. The van der Waals surface area contributed by atoms with E-state index in [9.17, 15) is 23.1 Å². The van der Waals surface area contributed by atoms with Crippen LogP contribution in [0.1, 0.15) is 20.3 Å². The van der Waals surface area contributed by atoms with E-state index in [-0.39, 0.29) is 25.4 Å². The standard InChI is InChI=1S/C18H22F3N5O2/c1-10(2)15(27)17(28)25-12-7-11(18(19,20)21)8-26(9-12)13-3-4-23-16-14(13)22-5-6-24-16/h3-6,10-12,15,27H,7-9H2,1-2H3,(H,25,28)/t11?,12?,15-/m0/s1. The van der Waals surface area contributed by atoms with Crippen molar-refractivity contribution in [1.82, 2.24) is 20.3 Å². The number of piperidine rings is 1. The summed E-state index contributed by atoms with van der Waals surface area (Å²) >= 11 is 0. The van der Waals surface area contributed by atoms with Crippen molar-refractivity contribution in [3.63, 3.8) is 0 Å². The summed E-state index contributed by atoms with van der Waals surface area (Å²) in [6, 6.07) is 0.832. The van der Waals surface area contributed by atoms with Crippen LogP contribution in [0.15, 0.2) is 24.7 Å². The van der Waals surface area contributed by atoms with Crippen LogP contribution in [0.2, 0.25) is 0 Å². The quantitative estimate of drug-likeness (QED) is 0.819. The van der Waals surface area contributed by atoms with Crippen molar-refractivity contribution in [2.24, 2.45) is 11.8 Å². The Bertz CT molecular complexity index is 840. The van der Waals surface area contributed by atoms with Gasteiger partial charge >= 0.3 is 6.18 Å². The minimum atomic E-state index is -4.41. The first-order valence-electron chi connectivity index (χ1n) is 9.02. The van der Waals surface area contributed by atoms with Gasteiger partial charge in [-0.25, -0.2) is 15.0 Å². The van der Waals surface area contributed by atoms with Gasteiger partial charge in [-0.3, -0.25) is 4.79 Å². The van der Waals surface area contributed by atoms with Crippen molar-refractivity contribution >= 4 is 22.8 Å². The molecule has 3 atom stereocenters. The van der Waals surface area contributed by atoms with Gasteiger partial charge in [-0.15, -0.1) is 0 Å². The lowest BCUT2D eigenvalue weighted by Gasteiger charge is -2.40. The molecular weight excluding hydrogens is 375 g/mol. The molecule has 0 spiro atoms. The number of nitrogens with zero attached hydrogens (tertiary/aromatic N) is 4. The lowest BCUT2D eigenvalue weighted by molar-refractivity contribution is -0.178. The highest BCUT2D eigenvalue weighted by atomic mass is 19.4. The molecule has 2 unspecified atom stereocenters. The van der Waals surface area contributed by atoms with E-state index in [2.05, 4.69) is 20.3 Å². The summed E-state index contributed by atoms with van der Waals surface area (Å²) in [5.74, 6) is -2.62. The SMILES string of the molecule is CC(C)[C@H](O)C(=O)NC1CC(C(F)(F)F)CN(c2ccnc3nccnc23)C1. The molecule has 1 fully saturated rings. The molecule has 0 aromatic carbocycles. The van der Waals surface area contributed by atoms with Crippen molar-refractivity contribution < 1.29 is 23.1 Å². The number of carbonyl (C=O) groups is 1. The second kappa shape index (κ2) is 7.86. The zero-order valence-corrected chi connectivity index (χ0v) is 15.5. The number of halogens is 3. The van der Waals surface area contributed by atoms with Crippen LogP contribution in [0.5, 0.6) is 0 Å². The predicted octanol–water partition coefficient (Wildman–Crippen LogP) is 1.92. The van der Waals surface area contributed by atoms with Gasteiger partial charge < -0.3 is 15.3 Å². The lowest BCUT2D eigenvalue weighted by atomic mass is 9.92. The molecule has 0 radical (unpaired) electrons. The monoisotopic (exact) mass is 397 g/mol. The van der Waals surface area contributed by atoms with Crippen molar-refractivity contribution in [3.8, 4) is 0 Å². The van der Waals surface area contributed by atoms with E-state index in [0.717, 1.165) is 0 Å². The van der Waals surface area contributed by atoms with Crippen LogP contribution in [-0.2, 0) is 4.79 Å². The summed E-state index contributed by atoms with van der Waals surface area (Å²) in [7, 11) is 0. The summed E-state index contributed by atoms with van der Waals surface area (Å²) < 4.78 is 40.5. The van der Waals surface area contributed by atoms with Gasteiger partial charge in [0.2, 0.25) is 5.91 Å². The largest absolute Gasteiger partial charge is 0.393 e. The Balaban J connectivity index is 1.89. The zero-order valence-electron chi connectivity index (χ0n) is 15.5. The number of carbonyl (C=O) groups excluding carboxylic acids is 1. The van der Waals surface area contributed by atoms with Gasteiger partial charge in [-0.05, 0) is 18.4 Å². The third kappa shape index (κ3) is 4.32. The molecule has 3 rings (SSSR count). The molecule has 0 aliphatic carbocycles. The molecule has 28 heavy (non-hydrogen) atoms. The maximum Gasteiger partial charge on any atom is 0.393 e. The average Bonchev–Trinajstić information content (AvgIpc) is 2.65. The maximum atomic E-state index is 13.5. The first kappa shape index (κ1) is 20.2. The van der Waals surface area contributed by atoms with Gasteiger partial charge in [-0.1, -0.05) is 13.8 Å². The van der Waals surface area contributed by atoms with Gasteiger partial charge in [0, 0.05) is 37.7 Å². The average molecular weight is 397 g/mol. The number of anilines is 1. The molecule has 2 aromatic rings. The summed E-state index contributed by atoms with van der Waals surface area (Å²) in [5.41, 5.74) is 1.22. The second-order valence-corrected chi connectivity index (χ2v) is 7.33. The third-order valence-corrected chi connectivity index (χ3v) is 4.85. The Morgan fingerprint density at radius 2 is 1.89 bits per heavy atom. The van der Waals surface area contributed by atoms with Crippen molar-refractivity contribution in [2.45, 2.75) is 38.6 Å². The number of amides is 1. The summed E-state index contributed by atoms with van der Waals surface area (Å²) in [6.45, 7) is 3.24. The number of rotatable bonds is 4. The van der Waals surface area contributed by atoms with E-state index in [4.69, 9.17) is 0 Å². The van der Waals surface area contributed by atoms with E-state index in [0.29, 0.717) is 16.9 Å². The molecule has 0 bridgehead atoms. The normalized spacial score (nSPS) is 21.8. The highest BCUT2D eigenvalue weighted by molar-refractivity contribution is 5.85. The van der Waals surface area contributed by atoms with E-state index in [1.165, 1.54) is 18.6 Å². The minimum absolute atomic E-state index is 0.165. The fourth-order valence-corrected chi connectivity index (χ4v) is 3.35. The fourth-order valence-electron chi connectivity index (χ4n) is 3.35. The Labute approximate surface area is 160 Å².